The SMILES string of the molecule is COc1cc2c(cc1OC)C1CCCCC1N=C2c1cccs1. The number of fused-ring (bicyclic) bond motifs is 3. The molecule has 120 valence electrons. The Bertz CT molecular complexity index is 736. The number of hydrogen-bond acceptors (Lipinski definition) is 4. The summed E-state index contributed by atoms with van der Waals surface area (Å²) in [5, 5.41) is 2.12. The van der Waals surface area contributed by atoms with Gasteiger partial charge in [0.05, 0.1) is 30.9 Å². The van der Waals surface area contributed by atoms with E-state index in [0.29, 0.717) is 12.0 Å². The number of rotatable bonds is 3. The van der Waals surface area contributed by atoms with Crippen molar-refractivity contribution in [2.24, 2.45) is 4.99 Å². The highest BCUT2D eigenvalue weighted by Gasteiger charge is 2.34. The summed E-state index contributed by atoms with van der Waals surface area (Å²) in [4.78, 5) is 6.39. The van der Waals surface area contributed by atoms with Gasteiger partial charge in [-0.1, -0.05) is 18.9 Å². The summed E-state index contributed by atoms with van der Waals surface area (Å²) in [6.07, 6.45) is 4.98. The summed E-state index contributed by atoms with van der Waals surface area (Å²) in [6.45, 7) is 0. The number of ether oxygens (including phenoxy) is 2. The summed E-state index contributed by atoms with van der Waals surface area (Å²) in [5.41, 5.74) is 3.72. The fraction of sp³-hybridized carbons (Fsp3) is 0.421. The molecule has 0 bridgehead atoms. The van der Waals surface area contributed by atoms with Crippen LogP contribution in [0.3, 0.4) is 0 Å². The number of benzene rings is 1. The third kappa shape index (κ3) is 2.45. The van der Waals surface area contributed by atoms with Crippen LogP contribution in [0, 0.1) is 0 Å². The molecule has 2 atom stereocenters. The van der Waals surface area contributed by atoms with Crippen molar-refractivity contribution in [3.8, 4) is 11.5 Å². The summed E-state index contributed by atoms with van der Waals surface area (Å²) in [6, 6.07) is 8.95. The first-order valence-electron chi connectivity index (χ1n) is 8.19. The Morgan fingerprint density at radius 3 is 2.61 bits per heavy atom. The van der Waals surface area contributed by atoms with Gasteiger partial charge in [-0.15, -0.1) is 11.3 Å². The number of aliphatic imine (C=N–C) groups is 1. The van der Waals surface area contributed by atoms with Gasteiger partial charge in [-0.2, -0.15) is 0 Å². The van der Waals surface area contributed by atoms with Crippen LogP contribution in [0.4, 0.5) is 0 Å². The van der Waals surface area contributed by atoms with Crippen molar-refractivity contribution in [3.05, 3.63) is 45.6 Å². The largest absolute Gasteiger partial charge is 0.493 e. The lowest BCUT2D eigenvalue weighted by Gasteiger charge is -2.35. The third-order valence-corrected chi connectivity index (χ3v) is 5.87. The van der Waals surface area contributed by atoms with Crippen molar-refractivity contribution >= 4 is 17.0 Å². The van der Waals surface area contributed by atoms with Gasteiger partial charge in [0.25, 0.3) is 0 Å². The van der Waals surface area contributed by atoms with Crippen molar-refractivity contribution in [1.82, 2.24) is 0 Å². The molecule has 3 nitrogen and oxygen atoms in total. The van der Waals surface area contributed by atoms with Crippen molar-refractivity contribution < 1.29 is 9.47 Å². The second kappa shape index (κ2) is 6.00. The van der Waals surface area contributed by atoms with E-state index in [4.69, 9.17) is 14.5 Å². The van der Waals surface area contributed by atoms with Crippen LogP contribution in [0.1, 0.15) is 47.6 Å². The summed E-state index contributed by atoms with van der Waals surface area (Å²) < 4.78 is 11.1. The van der Waals surface area contributed by atoms with E-state index in [1.54, 1.807) is 25.6 Å². The van der Waals surface area contributed by atoms with Gasteiger partial charge in [-0.05, 0) is 42.0 Å². The predicted molar refractivity (Wildman–Crippen MR) is 94.5 cm³/mol. The zero-order chi connectivity index (χ0) is 15.8. The van der Waals surface area contributed by atoms with E-state index in [2.05, 4.69) is 29.6 Å². The van der Waals surface area contributed by atoms with E-state index in [1.807, 2.05) is 0 Å². The summed E-state index contributed by atoms with van der Waals surface area (Å²) in [7, 11) is 3.40. The van der Waals surface area contributed by atoms with Crippen LogP contribution in [-0.2, 0) is 0 Å². The molecule has 2 unspecified atom stereocenters. The first-order chi connectivity index (χ1) is 11.3. The first-order valence-corrected chi connectivity index (χ1v) is 9.07. The van der Waals surface area contributed by atoms with Crippen molar-refractivity contribution in [1.29, 1.82) is 0 Å². The quantitative estimate of drug-likeness (QED) is 0.822. The Morgan fingerprint density at radius 1 is 1.09 bits per heavy atom. The Labute approximate surface area is 141 Å². The zero-order valence-electron chi connectivity index (χ0n) is 13.5. The van der Waals surface area contributed by atoms with Gasteiger partial charge in [0.2, 0.25) is 0 Å². The maximum Gasteiger partial charge on any atom is 0.161 e. The minimum absolute atomic E-state index is 0.409. The first kappa shape index (κ1) is 14.8. The topological polar surface area (TPSA) is 30.8 Å². The van der Waals surface area contributed by atoms with Crippen molar-refractivity contribution in [3.63, 3.8) is 0 Å². The van der Waals surface area contributed by atoms with Crippen molar-refractivity contribution in [2.75, 3.05) is 14.2 Å². The molecule has 1 aromatic carbocycles. The highest BCUT2D eigenvalue weighted by atomic mass is 32.1. The van der Waals surface area contributed by atoms with Crippen molar-refractivity contribution in [2.45, 2.75) is 37.6 Å². The molecule has 0 spiro atoms. The maximum atomic E-state index is 5.55. The van der Waals surface area contributed by atoms with Gasteiger partial charge in [0.15, 0.2) is 11.5 Å². The molecule has 0 saturated heterocycles. The molecule has 1 aliphatic carbocycles. The van der Waals surface area contributed by atoms with E-state index in [9.17, 15) is 0 Å². The van der Waals surface area contributed by atoms with Gasteiger partial charge in [-0.25, -0.2) is 0 Å². The summed E-state index contributed by atoms with van der Waals surface area (Å²) >= 11 is 1.75. The Hall–Kier alpha value is -1.81. The molecule has 4 rings (SSSR count). The maximum absolute atomic E-state index is 5.55. The zero-order valence-corrected chi connectivity index (χ0v) is 14.4. The molecule has 23 heavy (non-hydrogen) atoms. The number of thiophene rings is 1. The molecule has 2 heterocycles. The van der Waals surface area contributed by atoms with Crippen LogP contribution in [-0.4, -0.2) is 26.0 Å². The van der Waals surface area contributed by atoms with Crippen LogP contribution in [0.5, 0.6) is 11.5 Å². The van der Waals surface area contributed by atoms with Gasteiger partial charge < -0.3 is 9.47 Å². The second-order valence-corrected chi connectivity index (χ2v) is 7.16. The van der Waals surface area contributed by atoms with Gasteiger partial charge in [0.1, 0.15) is 0 Å². The highest BCUT2D eigenvalue weighted by molar-refractivity contribution is 7.12. The molecular weight excluding hydrogens is 306 g/mol. The molecule has 1 saturated carbocycles. The molecule has 4 heteroatoms. The fourth-order valence-corrected chi connectivity index (χ4v) is 4.62. The van der Waals surface area contributed by atoms with Crippen LogP contribution in [0.25, 0.3) is 0 Å². The molecule has 0 radical (unpaired) electrons. The van der Waals surface area contributed by atoms with Crippen LogP contribution >= 0.6 is 11.3 Å². The standard InChI is InChI=1S/C19H21NO2S/c1-21-16-10-13-12-6-3-4-7-15(12)20-19(18-8-5-9-23-18)14(13)11-17(16)22-2/h5,8-12,15H,3-4,6-7H2,1-2H3. The van der Waals surface area contributed by atoms with Crippen LogP contribution in [0.15, 0.2) is 34.6 Å². The lowest BCUT2D eigenvalue weighted by molar-refractivity contribution is 0.349. The molecule has 0 N–H and O–H groups in total. The van der Waals surface area contributed by atoms with Gasteiger partial charge in [-0.3, -0.25) is 4.99 Å². The lowest BCUT2D eigenvalue weighted by Crippen LogP contribution is -2.29. The normalized spacial score (nSPS) is 22.8. The molecule has 0 amide bonds. The second-order valence-electron chi connectivity index (χ2n) is 6.21. The van der Waals surface area contributed by atoms with Gasteiger partial charge in [0, 0.05) is 11.5 Å². The smallest absolute Gasteiger partial charge is 0.161 e. The van der Waals surface area contributed by atoms with E-state index in [0.717, 1.165) is 17.2 Å². The van der Waals surface area contributed by atoms with Crippen LogP contribution in [0.2, 0.25) is 0 Å². The minimum Gasteiger partial charge on any atom is -0.493 e. The summed E-state index contributed by atoms with van der Waals surface area (Å²) in [5.74, 6) is 2.12. The predicted octanol–water partition coefficient (Wildman–Crippen LogP) is 4.64. The molecule has 1 aromatic heterocycles. The average molecular weight is 327 g/mol. The Kier molecular flexibility index (Phi) is 3.85. The minimum atomic E-state index is 0.409. The van der Waals surface area contributed by atoms with E-state index >= 15 is 0 Å². The molecule has 1 aliphatic heterocycles. The lowest BCUT2D eigenvalue weighted by atomic mass is 9.75. The fourth-order valence-electron chi connectivity index (χ4n) is 3.88. The Balaban J connectivity index is 1.91. The number of nitrogens with zero attached hydrogens (tertiary/aromatic N) is 1. The number of methoxy groups -OCH3 is 2. The van der Waals surface area contributed by atoms with E-state index in [-0.39, 0.29) is 0 Å². The molecule has 1 fully saturated rings. The monoisotopic (exact) mass is 327 g/mol. The van der Waals surface area contributed by atoms with E-state index in [1.165, 1.54) is 41.7 Å². The molecule has 2 aliphatic rings. The molecule has 2 aromatic rings. The van der Waals surface area contributed by atoms with E-state index < -0.39 is 0 Å². The highest BCUT2D eigenvalue weighted by Crippen LogP contribution is 2.45. The Morgan fingerprint density at radius 2 is 1.87 bits per heavy atom. The number of hydrogen-bond donors (Lipinski definition) is 0. The molecular formula is C19H21NO2S. The average Bonchev–Trinajstić information content (AvgIpc) is 3.14. The van der Waals surface area contributed by atoms with Gasteiger partial charge >= 0.3 is 0 Å². The van der Waals surface area contributed by atoms with Crippen LogP contribution < -0.4 is 9.47 Å². The third-order valence-electron chi connectivity index (χ3n) is 4.99.